The van der Waals surface area contributed by atoms with Gasteiger partial charge in [0.1, 0.15) is 11.3 Å². The SMILES string of the molecule is Fc1ccccc1Nc1nc2cnc(NC3CCCCC3)nc2n1C1CCOC1. The summed E-state index contributed by atoms with van der Waals surface area (Å²) in [4.78, 5) is 13.9. The van der Waals surface area contributed by atoms with Crippen molar-refractivity contribution in [2.45, 2.75) is 50.6 Å². The van der Waals surface area contributed by atoms with Gasteiger partial charge in [0.2, 0.25) is 11.9 Å². The summed E-state index contributed by atoms with van der Waals surface area (Å²) >= 11 is 0. The first-order valence-corrected chi connectivity index (χ1v) is 10.4. The van der Waals surface area contributed by atoms with Gasteiger partial charge in [-0.15, -0.1) is 0 Å². The Morgan fingerprint density at radius 3 is 2.72 bits per heavy atom. The molecule has 1 saturated carbocycles. The van der Waals surface area contributed by atoms with Gasteiger partial charge in [0, 0.05) is 12.6 Å². The normalized spacial score (nSPS) is 20.2. The Morgan fingerprint density at radius 1 is 1.07 bits per heavy atom. The molecule has 2 fully saturated rings. The van der Waals surface area contributed by atoms with Gasteiger partial charge in [-0.3, -0.25) is 4.57 Å². The minimum atomic E-state index is -0.320. The molecule has 0 bridgehead atoms. The molecule has 29 heavy (non-hydrogen) atoms. The van der Waals surface area contributed by atoms with E-state index in [0.29, 0.717) is 42.4 Å². The molecule has 0 spiro atoms. The molecule has 2 aromatic heterocycles. The molecule has 5 rings (SSSR count). The van der Waals surface area contributed by atoms with Gasteiger partial charge >= 0.3 is 0 Å². The second kappa shape index (κ2) is 7.94. The topological polar surface area (TPSA) is 76.9 Å². The fourth-order valence-corrected chi connectivity index (χ4v) is 4.23. The average Bonchev–Trinajstić information content (AvgIpc) is 3.37. The van der Waals surface area contributed by atoms with E-state index in [1.165, 1.54) is 25.3 Å². The molecule has 3 heterocycles. The fourth-order valence-electron chi connectivity index (χ4n) is 4.23. The molecule has 0 radical (unpaired) electrons. The lowest BCUT2D eigenvalue weighted by atomic mass is 9.96. The molecule has 7 nitrogen and oxygen atoms in total. The van der Waals surface area contributed by atoms with Crippen molar-refractivity contribution >= 4 is 28.7 Å². The zero-order valence-electron chi connectivity index (χ0n) is 16.3. The summed E-state index contributed by atoms with van der Waals surface area (Å²) in [6, 6.07) is 7.12. The third-order valence-corrected chi connectivity index (χ3v) is 5.76. The van der Waals surface area contributed by atoms with E-state index < -0.39 is 0 Å². The predicted molar refractivity (Wildman–Crippen MR) is 110 cm³/mol. The number of ether oxygens (including phenoxy) is 1. The van der Waals surface area contributed by atoms with Gasteiger partial charge in [-0.05, 0) is 31.4 Å². The maximum atomic E-state index is 14.2. The molecule has 8 heteroatoms. The van der Waals surface area contributed by atoms with E-state index in [2.05, 4.69) is 20.6 Å². The van der Waals surface area contributed by atoms with Crippen molar-refractivity contribution in [1.82, 2.24) is 19.5 Å². The molecule has 1 unspecified atom stereocenters. The van der Waals surface area contributed by atoms with E-state index in [1.54, 1.807) is 24.4 Å². The van der Waals surface area contributed by atoms with E-state index in [-0.39, 0.29) is 11.9 Å². The highest BCUT2D eigenvalue weighted by Gasteiger charge is 2.25. The number of nitrogens with one attached hydrogen (secondary N) is 2. The first-order chi connectivity index (χ1) is 14.3. The quantitative estimate of drug-likeness (QED) is 0.665. The van der Waals surface area contributed by atoms with Crippen molar-refractivity contribution in [2.24, 2.45) is 0 Å². The number of para-hydroxylation sites is 1. The lowest BCUT2D eigenvalue weighted by Crippen LogP contribution is -2.23. The Kier molecular flexibility index (Phi) is 5.01. The van der Waals surface area contributed by atoms with Gasteiger partial charge in [0.15, 0.2) is 5.65 Å². The number of nitrogens with zero attached hydrogens (tertiary/aromatic N) is 4. The van der Waals surface area contributed by atoms with Gasteiger partial charge in [-0.2, -0.15) is 4.98 Å². The lowest BCUT2D eigenvalue weighted by Gasteiger charge is -2.22. The van der Waals surface area contributed by atoms with Crippen LogP contribution < -0.4 is 10.6 Å². The molecule has 1 aliphatic heterocycles. The van der Waals surface area contributed by atoms with Crippen LogP contribution in [-0.2, 0) is 4.74 Å². The van der Waals surface area contributed by atoms with Crippen molar-refractivity contribution in [2.75, 3.05) is 23.8 Å². The highest BCUT2D eigenvalue weighted by molar-refractivity contribution is 5.76. The smallest absolute Gasteiger partial charge is 0.224 e. The van der Waals surface area contributed by atoms with Crippen LogP contribution in [0.3, 0.4) is 0 Å². The van der Waals surface area contributed by atoms with Gasteiger partial charge in [0.05, 0.1) is 24.5 Å². The van der Waals surface area contributed by atoms with E-state index in [1.807, 2.05) is 4.57 Å². The zero-order valence-corrected chi connectivity index (χ0v) is 16.3. The summed E-state index contributed by atoms with van der Waals surface area (Å²) in [5.74, 6) is 0.867. The van der Waals surface area contributed by atoms with Crippen LogP contribution in [-0.4, -0.2) is 38.8 Å². The summed E-state index contributed by atoms with van der Waals surface area (Å²) in [5.41, 5.74) is 1.81. The Bertz CT molecular complexity index is 994. The monoisotopic (exact) mass is 396 g/mol. The first kappa shape index (κ1) is 18.3. The van der Waals surface area contributed by atoms with Crippen LogP contribution in [0.4, 0.5) is 22.0 Å². The largest absolute Gasteiger partial charge is 0.379 e. The Hall–Kier alpha value is -2.74. The number of hydrogen-bond donors (Lipinski definition) is 2. The third kappa shape index (κ3) is 3.76. The first-order valence-electron chi connectivity index (χ1n) is 10.4. The molecular formula is C21H25FN6O. The molecule has 3 aromatic rings. The predicted octanol–water partition coefficient (Wildman–Crippen LogP) is 4.42. The van der Waals surface area contributed by atoms with E-state index in [0.717, 1.165) is 24.9 Å². The molecule has 2 aliphatic rings. The highest BCUT2D eigenvalue weighted by atomic mass is 19.1. The summed E-state index contributed by atoms with van der Waals surface area (Å²) < 4.78 is 21.8. The summed E-state index contributed by atoms with van der Waals surface area (Å²) in [6.45, 7) is 1.29. The number of rotatable bonds is 5. The van der Waals surface area contributed by atoms with E-state index in [4.69, 9.17) is 9.72 Å². The minimum Gasteiger partial charge on any atom is -0.379 e. The van der Waals surface area contributed by atoms with Crippen molar-refractivity contribution in [3.05, 3.63) is 36.3 Å². The number of anilines is 3. The van der Waals surface area contributed by atoms with Gasteiger partial charge in [-0.1, -0.05) is 31.4 Å². The molecular weight excluding hydrogens is 371 g/mol. The molecule has 1 saturated heterocycles. The number of benzene rings is 1. The maximum Gasteiger partial charge on any atom is 0.224 e. The maximum absolute atomic E-state index is 14.2. The molecule has 152 valence electrons. The van der Waals surface area contributed by atoms with Crippen LogP contribution in [0.5, 0.6) is 0 Å². The van der Waals surface area contributed by atoms with Crippen molar-refractivity contribution in [3.63, 3.8) is 0 Å². The standard InChI is InChI=1S/C21H25FN6O/c22-16-8-4-5-9-17(16)25-21-26-18-12-23-20(24-14-6-2-1-3-7-14)27-19(18)28(21)15-10-11-29-13-15/h4-5,8-9,12,14-15H,1-3,6-7,10-11,13H2,(H,25,26)(H,23,24,27). The van der Waals surface area contributed by atoms with Crippen LogP contribution in [0, 0.1) is 5.82 Å². The number of halogens is 1. The summed E-state index contributed by atoms with van der Waals surface area (Å²) in [5, 5.41) is 6.62. The Morgan fingerprint density at radius 2 is 1.93 bits per heavy atom. The van der Waals surface area contributed by atoms with Gasteiger partial charge in [0.25, 0.3) is 0 Å². The number of imidazole rings is 1. The van der Waals surface area contributed by atoms with Crippen LogP contribution in [0.25, 0.3) is 11.2 Å². The number of fused-ring (bicyclic) bond motifs is 1. The van der Waals surface area contributed by atoms with Crippen LogP contribution >= 0.6 is 0 Å². The van der Waals surface area contributed by atoms with Crippen LogP contribution in [0.2, 0.25) is 0 Å². The molecule has 2 N–H and O–H groups in total. The minimum absolute atomic E-state index is 0.103. The average molecular weight is 396 g/mol. The molecule has 1 aliphatic carbocycles. The Balaban J connectivity index is 1.52. The lowest BCUT2D eigenvalue weighted by molar-refractivity contribution is 0.187. The summed E-state index contributed by atoms with van der Waals surface area (Å²) in [6.07, 6.45) is 8.70. The summed E-state index contributed by atoms with van der Waals surface area (Å²) in [7, 11) is 0. The van der Waals surface area contributed by atoms with Gasteiger partial charge in [-0.25, -0.2) is 14.4 Å². The van der Waals surface area contributed by atoms with E-state index >= 15 is 0 Å². The van der Waals surface area contributed by atoms with Crippen molar-refractivity contribution in [3.8, 4) is 0 Å². The second-order valence-electron chi connectivity index (χ2n) is 7.81. The molecule has 1 aromatic carbocycles. The van der Waals surface area contributed by atoms with E-state index in [9.17, 15) is 4.39 Å². The van der Waals surface area contributed by atoms with Crippen LogP contribution in [0.15, 0.2) is 30.5 Å². The highest BCUT2D eigenvalue weighted by Crippen LogP contribution is 2.31. The van der Waals surface area contributed by atoms with Crippen molar-refractivity contribution in [1.29, 1.82) is 0 Å². The zero-order chi connectivity index (χ0) is 19.6. The molecule has 0 amide bonds. The number of hydrogen-bond acceptors (Lipinski definition) is 6. The number of aromatic nitrogens is 4. The van der Waals surface area contributed by atoms with Gasteiger partial charge < -0.3 is 15.4 Å². The Labute approximate surface area is 168 Å². The van der Waals surface area contributed by atoms with Crippen molar-refractivity contribution < 1.29 is 9.13 Å². The third-order valence-electron chi connectivity index (χ3n) is 5.76. The second-order valence-corrected chi connectivity index (χ2v) is 7.81. The van der Waals surface area contributed by atoms with Crippen LogP contribution in [0.1, 0.15) is 44.6 Å². The fraction of sp³-hybridized carbons (Fsp3) is 0.476. The molecule has 1 atom stereocenters.